The van der Waals surface area contributed by atoms with Gasteiger partial charge in [0.15, 0.2) is 9.84 Å². The van der Waals surface area contributed by atoms with Gasteiger partial charge in [-0.05, 0) is 18.2 Å². The lowest BCUT2D eigenvalue weighted by Crippen LogP contribution is -2.53. The first-order valence-corrected chi connectivity index (χ1v) is 7.70. The van der Waals surface area contributed by atoms with Gasteiger partial charge in [0.1, 0.15) is 5.69 Å². The van der Waals surface area contributed by atoms with Gasteiger partial charge in [-0.1, -0.05) is 6.07 Å². The highest BCUT2D eigenvalue weighted by Gasteiger charge is 2.38. The normalized spacial score (nSPS) is 18.2. The Morgan fingerprint density at radius 1 is 1.37 bits per heavy atom. The van der Waals surface area contributed by atoms with Gasteiger partial charge in [0, 0.05) is 7.05 Å². The van der Waals surface area contributed by atoms with E-state index in [9.17, 15) is 13.2 Å². The molecule has 0 unspecified atom stereocenters. The van der Waals surface area contributed by atoms with Gasteiger partial charge in [0.25, 0.3) is 5.91 Å². The van der Waals surface area contributed by atoms with Crippen molar-refractivity contribution >= 4 is 21.3 Å². The molecule has 1 aliphatic heterocycles. The number of hydrogen-bond donors (Lipinski definition) is 0. The highest BCUT2D eigenvalue weighted by molar-refractivity contribution is 7.92. The van der Waals surface area contributed by atoms with E-state index < -0.39 is 9.84 Å². The molecular weight excluding hydrogens is 266 g/mol. The fourth-order valence-electron chi connectivity index (χ4n) is 2.22. The summed E-state index contributed by atoms with van der Waals surface area (Å²) >= 11 is 0. The van der Waals surface area contributed by atoms with Crippen LogP contribution in [0.4, 0.5) is 0 Å². The molecule has 3 rings (SSSR count). The number of nitrogens with zero attached hydrogens (tertiary/aromatic N) is 3. The molecule has 3 heterocycles. The number of carbonyl (C=O) groups excluding carboxylic acids is 1. The second kappa shape index (κ2) is 4.06. The zero-order valence-corrected chi connectivity index (χ0v) is 11.2. The molecule has 2 aromatic heterocycles. The molecule has 100 valence electrons. The first-order valence-electron chi connectivity index (χ1n) is 5.88. The summed E-state index contributed by atoms with van der Waals surface area (Å²) < 4.78 is 23.9. The summed E-state index contributed by atoms with van der Waals surface area (Å²) in [6.07, 6.45) is 1.62. The van der Waals surface area contributed by atoms with Crippen LogP contribution in [0.1, 0.15) is 10.5 Å². The molecule has 0 saturated carbocycles. The Bertz CT molecular complexity index is 738. The molecule has 1 amide bonds. The summed E-state index contributed by atoms with van der Waals surface area (Å²) in [7, 11) is -1.31. The minimum Gasteiger partial charge on any atom is -0.335 e. The predicted molar refractivity (Wildman–Crippen MR) is 69.7 cm³/mol. The standard InChI is InChI=1S/C12H13N3O3S/c1-14(10-7-19(17,18)8-10)12(16)11-4-2-3-9-5-6-13-15(9)11/h2-6,10H,7-8H2,1H3. The lowest BCUT2D eigenvalue weighted by Gasteiger charge is -2.34. The van der Waals surface area contributed by atoms with Crippen LogP contribution in [0.25, 0.3) is 5.52 Å². The van der Waals surface area contributed by atoms with Crippen LogP contribution in [0.2, 0.25) is 0 Å². The fraction of sp³-hybridized carbons (Fsp3) is 0.333. The average Bonchev–Trinajstić information content (AvgIpc) is 2.82. The third kappa shape index (κ3) is 1.99. The quantitative estimate of drug-likeness (QED) is 0.787. The van der Waals surface area contributed by atoms with E-state index in [4.69, 9.17) is 0 Å². The van der Waals surface area contributed by atoms with Crippen molar-refractivity contribution in [1.29, 1.82) is 0 Å². The second-order valence-corrected chi connectivity index (χ2v) is 6.88. The van der Waals surface area contributed by atoms with Crippen LogP contribution in [0, 0.1) is 0 Å². The van der Waals surface area contributed by atoms with Crippen LogP contribution in [0.15, 0.2) is 30.5 Å². The molecule has 0 spiro atoms. The van der Waals surface area contributed by atoms with Gasteiger partial charge in [-0.25, -0.2) is 12.9 Å². The van der Waals surface area contributed by atoms with Crippen LogP contribution in [-0.4, -0.2) is 53.4 Å². The molecule has 2 aromatic rings. The molecule has 7 heteroatoms. The van der Waals surface area contributed by atoms with E-state index in [-0.39, 0.29) is 23.5 Å². The Hall–Kier alpha value is -1.89. The van der Waals surface area contributed by atoms with Crippen molar-refractivity contribution in [3.8, 4) is 0 Å². The molecule has 0 aromatic carbocycles. The van der Waals surface area contributed by atoms with Crippen molar-refractivity contribution < 1.29 is 13.2 Å². The Labute approximate surface area is 110 Å². The molecule has 6 nitrogen and oxygen atoms in total. The smallest absolute Gasteiger partial charge is 0.272 e. The Balaban J connectivity index is 1.90. The zero-order chi connectivity index (χ0) is 13.6. The monoisotopic (exact) mass is 279 g/mol. The highest BCUT2D eigenvalue weighted by atomic mass is 32.2. The van der Waals surface area contributed by atoms with Crippen LogP contribution in [-0.2, 0) is 9.84 Å². The van der Waals surface area contributed by atoms with Gasteiger partial charge in [-0.15, -0.1) is 0 Å². The molecule has 0 bridgehead atoms. The number of rotatable bonds is 2. The lowest BCUT2D eigenvalue weighted by atomic mass is 10.2. The summed E-state index contributed by atoms with van der Waals surface area (Å²) in [6.45, 7) is 0. The van der Waals surface area contributed by atoms with E-state index in [0.29, 0.717) is 5.69 Å². The number of aromatic nitrogens is 2. The largest absolute Gasteiger partial charge is 0.335 e. The maximum absolute atomic E-state index is 12.4. The SMILES string of the molecule is CN(C(=O)c1cccc2ccnn12)C1CS(=O)(=O)C1. The summed E-state index contributed by atoms with van der Waals surface area (Å²) in [5, 5.41) is 4.10. The first kappa shape index (κ1) is 12.2. The Morgan fingerprint density at radius 3 is 2.79 bits per heavy atom. The van der Waals surface area contributed by atoms with Gasteiger partial charge >= 0.3 is 0 Å². The average molecular weight is 279 g/mol. The van der Waals surface area contributed by atoms with Crippen molar-refractivity contribution in [1.82, 2.24) is 14.5 Å². The molecule has 0 radical (unpaired) electrons. The van der Waals surface area contributed by atoms with E-state index in [2.05, 4.69) is 5.10 Å². The molecule has 19 heavy (non-hydrogen) atoms. The topological polar surface area (TPSA) is 71.8 Å². The van der Waals surface area contributed by atoms with E-state index in [1.165, 1.54) is 4.90 Å². The van der Waals surface area contributed by atoms with Crippen LogP contribution in [0.3, 0.4) is 0 Å². The highest BCUT2D eigenvalue weighted by Crippen LogP contribution is 2.18. The first-order chi connectivity index (χ1) is 8.98. The van der Waals surface area contributed by atoms with Crippen molar-refractivity contribution in [3.63, 3.8) is 0 Å². The molecular formula is C12H13N3O3S. The lowest BCUT2D eigenvalue weighted by molar-refractivity contribution is 0.0741. The Morgan fingerprint density at radius 2 is 2.11 bits per heavy atom. The number of pyridine rings is 1. The van der Waals surface area contributed by atoms with Crippen LogP contribution in [0.5, 0.6) is 0 Å². The van der Waals surface area contributed by atoms with Gasteiger partial charge in [0.2, 0.25) is 0 Å². The molecule has 1 saturated heterocycles. The minimum absolute atomic E-state index is 0.0460. The van der Waals surface area contributed by atoms with Gasteiger partial charge in [-0.3, -0.25) is 4.79 Å². The van der Waals surface area contributed by atoms with E-state index >= 15 is 0 Å². The van der Waals surface area contributed by atoms with Crippen molar-refractivity contribution in [3.05, 3.63) is 36.2 Å². The molecule has 1 aliphatic rings. The maximum atomic E-state index is 12.4. The molecule has 0 atom stereocenters. The van der Waals surface area contributed by atoms with Gasteiger partial charge in [0.05, 0.1) is 29.3 Å². The number of hydrogen-bond acceptors (Lipinski definition) is 4. The van der Waals surface area contributed by atoms with E-state index in [1.807, 2.05) is 12.1 Å². The van der Waals surface area contributed by atoms with Crippen LogP contribution >= 0.6 is 0 Å². The molecule has 0 aliphatic carbocycles. The van der Waals surface area contributed by atoms with Crippen molar-refractivity contribution in [2.45, 2.75) is 6.04 Å². The summed E-state index contributed by atoms with van der Waals surface area (Å²) in [5.41, 5.74) is 1.27. The third-order valence-corrected chi connectivity index (χ3v) is 5.19. The number of carbonyl (C=O) groups is 1. The zero-order valence-electron chi connectivity index (χ0n) is 10.4. The molecule has 1 fully saturated rings. The van der Waals surface area contributed by atoms with E-state index in [0.717, 1.165) is 5.52 Å². The van der Waals surface area contributed by atoms with Crippen LogP contribution < -0.4 is 0 Å². The summed E-state index contributed by atoms with van der Waals surface area (Å²) in [6, 6.07) is 6.91. The predicted octanol–water partition coefficient (Wildman–Crippen LogP) is 0.203. The fourth-order valence-corrected chi connectivity index (χ4v) is 3.74. The second-order valence-electron chi connectivity index (χ2n) is 4.73. The summed E-state index contributed by atoms with van der Waals surface area (Å²) in [5.74, 6) is -0.122. The van der Waals surface area contributed by atoms with Gasteiger partial charge < -0.3 is 4.90 Å². The van der Waals surface area contributed by atoms with Gasteiger partial charge in [-0.2, -0.15) is 5.10 Å². The number of fused-ring (bicyclic) bond motifs is 1. The van der Waals surface area contributed by atoms with Crippen molar-refractivity contribution in [2.24, 2.45) is 0 Å². The maximum Gasteiger partial charge on any atom is 0.272 e. The third-order valence-electron chi connectivity index (χ3n) is 3.40. The Kier molecular flexibility index (Phi) is 2.60. The number of amides is 1. The molecule has 0 N–H and O–H groups in total. The minimum atomic E-state index is -2.94. The number of sulfone groups is 1. The van der Waals surface area contributed by atoms with E-state index in [1.54, 1.807) is 29.9 Å². The van der Waals surface area contributed by atoms with Crippen molar-refractivity contribution in [2.75, 3.05) is 18.6 Å². The summed E-state index contributed by atoms with van der Waals surface area (Å²) in [4.78, 5) is 13.9.